The van der Waals surface area contributed by atoms with E-state index in [-0.39, 0.29) is 26.3 Å². The molecule has 0 spiro atoms. The standard InChI is InChI=1S/C19H27F2NO5/c1-19(2,3)27-18(23)22-9-15(25-13-16(10-22)26-17(20)21)12-24-11-14-7-5-4-6-8-14/h4-8,15-17H,9-13H2,1-3H3/t15-,16+/m0/s1. The lowest BCUT2D eigenvalue weighted by atomic mass is 10.2. The molecule has 27 heavy (non-hydrogen) atoms. The summed E-state index contributed by atoms with van der Waals surface area (Å²) < 4.78 is 46.4. The summed E-state index contributed by atoms with van der Waals surface area (Å²) in [5.41, 5.74) is 0.317. The minimum atomic E-state index is -2.94. The number of halogens is 2. The van der Waals surface area contributed by atoms with Gasteiger partial charge in [-0.1, -0.05) is 30.3 Å². The van der Waals surface area contributed by atoms with Crippen LogP contribution in [-0.2, 0) is 25.6 Å². The van der Waals surface area contributed by atoms with Gasteiger partial charge in [-0.25, -0.2) is 4.79 Å². The van der Waals surface area contributed by atoms with Crippen LogP contribution in [0.25, 0.3) is 0 Å². The van der Waals surface area contributed by atoms with Crippen molar-refractivity contribution in [1.82, 2.24) is 4.90 Å². The van der Waals surface area contributed by atoms with E-state index in [9.17, 15) is 13.6 Å². The lowest BCUT2D eigenvalue weighted by molar-refractivity contribution is -0.177. The number of carbonyl (C=O) groups excluding carboxylic acids is 1. The van der Waals surface area contributed by atoms with E-state index >= 15 is 0 Å². The van der Waals surface area contributed by atoms with Gasteiger partial charge in [0.1, 0.15) is 11.7 Å². The topological polar surface area (TPSA) is 57.2 Å². The quantitative estimate of drug-likeness (QED) is 0.748. The number of ether oxygens (including phenoxy) is 4. The third-order valence-corrected chi connectivity index (χ3v) is 3.73. The molecule has 152 valence electrons. The number of alkyl halides is 2. The average molecular weight is 387 g/mol. The smallest absolute Gasteiger partial charge is 0.410 e. The molecule has 2 atom stereocenters. The van der Waals surface area contributed by atoms with E-state index in [0.29, 0.717) is 6.61 Å². The minimum Gasteiger partial charge on any atom is -0.444 e. The first-order valence-electron chi connectivity index (χ1n) is 8.88. The Hall–Kier alpha value is -1.77. The Morgan fingerprint density at radius 2 is 1.96 bits per heavy atom. The van der Waals surface area contributed by atoms with Crippen LogP contribution >= 0.6 is 0 Å². The van der Waals surface area contributed by atoms with Crippen molar-refractivity contribution < 1.29 is 32.5 Å². The van der Waals surface area contributed by atoms with Crippen molar-refractivity contribution in [2.24, 2.45) is 0 Å². The van der Waals surface area contributed by atoms with Gasteiger partial charge in [0.2, 0.25) is 0 Å². The number of rotatable bonds is 6. The van der Waals surface area contributed by atoms with E-state index < -0.39 is 30.5 Å². The summed E-state index contributed by atoms with van der Waals surface area (Å²) in [7, 11) is 0. The SMILES string of the molecule is CC(C)(C)OC(=O)N1C[C@@H](COCc2ccccc2)OC[C@H](OC(F)F)C1. The molecule has 8 heteroatoms. The molecule has 1 aliphatic rings. The molecule has 2 rings (SSSR count). The van der Waals surface area contributed by atoms with Crippen molar-refractivity contribution in [3.05, 3.63) is 35.9 Å². The second-order valence-electron chi connectivity index (χ2n) is 7.36. The van der Waals surface area contributed by atoms with Crippen molar-refractivity contribution in [3.63, 3.8) is 0 Å². The zero-order valence-corrected chi connectivity index (χ0v) is 15.9. The van der Waals surface area contributed by atoms with Gasteiger partial charge in [0, 0.05) is 0 Å². The molecule has 1 saturated heterocycles. The van der Waals surface area contributed by atoms with Crippen LogP contribution in [0.2, 0.25) is 0 Å². The maximum absolute atomic E-state index is 12.6. The summed E-state index contributed by atoms with van der Waals surface area (Å²) in [4.78, 5) is 13.7. The van der Waals surface area contributed by atoms with Crippen LogP contribution in [0.4, 0.5) is 13.6 Å². The maximum atomic E-state index is 12.6. The van der Waals surface area contributed by atoms with Crippen LogP contribution in [0.1, 0.15) is 26.3 Å². The summed E-state index contributed by atoms with van der Waals surface area (Å²) in [5.74, 6) is 0. The number of hydrogen-bond acceptors (Lipinski definition) is 5. The van der Waals surface area contributed by atoms with E-state index in [2.05, 4.69) is 4.74 Å². The van der Waals surface area contributed by atoms with E-state index in [1.165, 1.54) is 4.90 Å². The van der Waals surface area contributed by atoms with Gasteiger partial charge in [-0.15, -0.1) is 0 Å². The number of amides is 1. The van der Waals surface area contributed by atoms with Crippen molar-refractivity contribution in [2.75, 3.05) is 26.3 Å². The van der Waals surface area contributed by atoms with Gasteiger partial charge in [-0.05, 0) is 26.3 Å². The van der Waals surface area contributed by atoms with Gasteiger partial charge in [-0.3, -0.25) is 0 Å². The molecule has 1 fully saturated rings. The van der Waals surface area contributed by atoms with Crippen LogP contribution in [0, 0.1) is 0 Å². The minimum absolute atomic E-state index is 0.0333. The highest BCUT2D eigenvalue weighted by molar-refractivity contribution is 5.68. The van der Waals surface area contributed by atoms with E-state index in [4.69, 9.17) is 14.2 Å². The lowest BCUT2D eigenvalue weighted by Crippen LogP contribution is -2.44. The fraction of sp³-hybridized carbons (Fsp3) is 0.632. The molecule has 0 saturated carbocycles. The third kappa shape index (κ3) is 8.19. The number of hydrogen-bond donors (Lipinski definition) is 0. The Labute approximate surface area is 158 Å². The zero-order valence-electron chi connectivity index (χ0n) is 15.9. The molecule has 0 bridgehead atoms. The second kappa shape index (κ2) is 9.96. The monoisotopic (exact) mass is 387 g/mol. The van der Waals surface area contributed by atoms with Crippen LogP contribution in [0.5, 0.6) is 0 Å². The van der Waals surface area contributed by atoms with E-state index in [1.54, 1.807) is 20.8 Å². The molecule has 0 unspecified atom stereocenters. The lowest BCUT2D eigenvalue weighted by Gasteiger charge is -2.28. The molecule has 0 radical (unpaired) electrons. The first-order chi connectivity index (χ1) is 12.7. The average Bonchev–Trinajstić information content (AvgIpc) is 2.76. The Morgan fingerprint density at radius 3 is 2.59 bits per heavy atom. The van der Waals surface area contributed by atoms with Gasteiger partial charge in [0.15, 0.2) is 0 Å². The molecule has 0 aliphatic carbocycles. The first kappa shape index (κ1) is 21.5. The van der Waals surface area contributed by atoms with Crippen molar-refractivity contribution in [2.45, 2.75) is 51.8 Å². The third-order valence-electron chi connectivity index (χ3n) is 3.73. The first-order valence-corrected chi connectivity index (χ1v) is 8.88. The van der Waals surface area contributed by atoms with Crippen LogP contribution in [-0.4, -0.2) is 61.7 Å². The molecular weight excluding hydrogens is 360 g/mol. The Bertz CT molecular complexity index is 579. The Balaban J connectivity index is 1.95. The molecule has 1 amide bonds. The second-order valence-corrected chi connectivity index (χ2v) is 7.36. The highest BCUT2D eigenvalue weighted by atomic mass is 19.3. The van der Waals surface area contributed by atoms with Crippen LogP contribution < -0.4 is 0 Å². The van der Waals surface area contributed by atoms with E-state index in [0.717, 1.165) is 5.56 Å². The maximum Gasteiger partial charge on any atom is 0.410 e. The fourth-order valence-corrected chi connectivity index (χ4v) is 2.60. The molecule has 0 N–H and O–H groups in total. The van der Waals surface area contributed by atoms with Crippen LogP contribution in [0.15, 0.2) is 30.3 Å². The number of benzene rings is 1. The summed E-state index contributed by atoms with van der Waals surface area (Å²) in [6.07, 6.45) is -1.99. The molecule has 1 aliphatic heterocycles. The van der Waals surface area contributed by atoms with Crippen molar-refractivity contribution >= 4 is 6.09 Å². The summed E-state index contributed by atoms with van der Waals surface area (Å²) in [5, 5.41) is 0. The predicted molar refractivity (Wildman–Crippen MR) is 94.5 cm³/mol. The largest absolute Gasteiger partial charge is 0.444 e. The molecule has 0 aromatic heterocycles. The Morgan fingerprint density at radius 1 is 1.26 bits per heavy atom. The normalized spacial score (nSPS) is 21.2. The highest BCUT2D eigenvalue weighted by Crippen LogP contribution is 2.16. The van der Waals surface area contributed by atoms with Crippen LogP contribution in [0.3, 0.4) is 0 Å². The number of carbonyl (C=O) groups is 1. The molecular formula is C19H27F2NO5. The van der Waals surface area contributed by atoms with Gasteiger partial charge < -0.3 is 23.8 Å². The Kier molecular flexibility index (Phi) is 7.94. The van der Waals surface area contributed by atoms with Gasteiger partial charge in [0.05, 0.1) is 39.0 Å². The molecule has 1 heterocycles. The summed E-state index contributed by atoms with van der Waals surface area (Å²) in [6.45, 7) is 2.99. The molecule has 1 aromatic rings. The van der Waals surface area contributed by atoms with Gasteiger partial charge in [-0.2, -0.15) is 8.78 Å². The van der Waals surface area contributed by atoms with Gasteiger partial charge >= 0.3 is 12.7 Å². The molecule has 1 aromatic carbocycles. The van der Waals surface area contributed by atoms with E-state index in [1.807, 2.05) is 30.3 Å². The number of nitrogens with zero attached hydrogens (tertiary/aromatic N) is 1. The van der Waals surface area contributed by atoms with Crippen molar-refractivity contribution in [1.29, 1.82) is 0 Å². The summed E-state index contributed by atoms with van der Waals surface area (Å²) >= 11 is 0. The zero-order chi connectivity index (χ0) is 19.9. The fourth-order valence-electron chi connectivity index (χ4n) is 2.60. The molecule has 6 nitrogen and oxygen atoms in total. The predicted octanol–water partition coefficient (Wildman–Crippen LogP) is 3.45. The van der Waals surface area contributed by atoms with Crippen molar-refractivity contribution in [3.8, 4) is 0 Å². The highest BCUT2D eigenvalue weighted by Gasteiger charge is 2.32. The van der Waals surface area contributed by atoms with Gasteiger partial charge in [0.25, 0.3) is 0 Å². The summed E-state index contributed by atoms with van der Waals surface area (Å²) in [6, 6.07) is 9.62.